The van der Waals surface area contributed by atoms with Gasteiger partial charge in [0.15, 0.2) is 0 Å². The second-order valence-corrected chi connectivity index (χ2v) is 5.62. The monoisotopic (exact) mass is 331 g/mol. The van der Waals surface area contributed by atoms with Crippen LogP contribution in [0.3, 0.4) is 0 Å². The molecule has 3 rings (SSSR count). The van der Waals surface area contributed by atoms with Crippen LogP contribution in [0.5, 0.6) is 0 Å². The zero-order valence-corrected chi connectivity index (χ0v) is 12.1. The van der Waals surface area contributed by atoms with Crippen molar-refractivity contribution in [1.82, 2.24) is 14.5 Å². The van der Waals surface area contributed by atoms with Gasteiger partial charge in [-0.3, -0.25) is 0 Å². The van der Waals surface area contributed by atoms with Gasteiger partial charge in [0.1, 0.15) is 10.8 Å². The molecule has 0 unspecified atom stereocenters. The lowest BCUT2D eigenvalue weighted by atomic mass is 10.2. The molecule has 0 spiro atoms. The van der Waals surface area contributed by atoms with Crippen LogP contribution >= 0.6 is 22.9 Å². The first-order valence-corrected chi connectivity index (χ1v) is 7.41. The number of rotatable bonds is 3. The van der Waals surface area contributed by atoms with Crippen molar-refractivity contribution in [3.63, 3.8) is 0 Å². The minimum Gasteiger partial charge on any atom is -0.320 e. The van der Waals surface area contributed by atoms with Crippen molar-refractivity contribution in [3.8, 4) is 0 Å². The maximum absolute atomic E-state index is 12.7. The highest BCUT2D eigenvalue weighted by Crippen LogP contribution is 2.32. The highest BCUT2D eigenvalue weighted by molar-refractivity contribution is 7.09. The number of alkyl halides is 4. The molecule has 3 aromatic rings. The average Bonchev–Trinajstić information content (AvgIpc) is 3.05. The van der Waals surface area contributed by atoms with Crippen LogP contribution in [0.1, 0.15) is 16.4 Å². The molecule has 8 heteroatoms. The van der Waals surface area contributed by atoms with Crippen LogP contribution in [0.15, 0.2) is 29.8 Å². The van der Waals surface area contributed by atoms with Gasteiger partial charge in [0, 0.05) is 11.6 Å². The summed E-state index contributed by atoms with van der Waals surface area (Å²) in [6.07, 6.45) is -2.70. The predicted molar refractivity (Wildman–Crippen MR) is 75.5 cm³/mol. The van der Waals surface area contributed by atoms with Gasteiger partial charge < -0.3 is 4.57 Å². The Morgan fingerprint density at radius 2 is 2.10 bits per heavy atom. The predicted octanol–water partition coefficient (Wildman–Crippen LogP) is 4.30. The van der Waals surface area contributed by atoms with Crippen LogP contribution in [0, 0.1) is 0 Å². The van der Waals surface area contributed by atoms with Gasteiger partial charge in [0.2, 0.25) is 0 Å². The van der Waals surface area contributed by atoms with Crippen LogP contribution in [-0.4, -0.2) is 14.5 Å². The van der Waals surface area contributed by atoms with Gasteiger partial charge in [-0.1, -0.05) is 0 Å². The Kier molecular flexibility index (Phi) is 3.62. The van der Waals surface area contributed by atoms with E-state index in [0.717, 1.165) is 17.1 Å². The van der Waals surface area contributed by atoms with Crippen molar-refractivity contribution >= 4 is 34.0 Å². The molecule has 110 valence electrons. The normalized spacial score (nSPS) is 12.2. The van der Waals surface area contributed by atoms with Gasteiger partial charge in [-0.05, 0) is 18.2 Å². The van der Waals surface area contributed by atoms with Crippen molar-refractivity contribution in [1.29, 1.82) is 0 Å². The molecule has 1 aromatic carbocycles. The minimum absolute atomic E-state index is 0.126. The molecule has 0 amide bonds. The van der Waals surface area contributed by atoms with Crippen LogP contribution in [0.2, 0.25) is 0 Å². The summed E-state index contributed by atoms with van der Waals surface area (Å²) in [5.41, 5.74) is 0.195. The Morgan fingerprint density at radius 3 is 2.71 bits per heavy atom. The number of fused-ring (bicyclic) bond motifs is 1. The van der Waals surface area contributed by atoms with Crippen LogP contribution in [-0.2, 0) is 18.6 Å². The van der Waals surface area contributed by atoms with Gasteiger partial charge in [0.05, 0.1) is 29.0 Å². The third-order valence-electron chi connectivity index (χ3n) is 3.05. The molecule has 0 saturated heterocycles. The van der Waals surface area contributed by atoms with E-state index in [-0.39, 0.29) is 11.4 Å². The SMILES string of the molecule is FC(F)(F)c1ccc2c(c1)nc(CCl)n2Cc1nccs1. The van der Waals surface area contributed by atoms with Crippen molar-refractivity contribution in [2.45, 2.75) is 18.6 Å². The van der Waals surface area contributed by atoms with E-state index < -0.39 is 11.7 Å². The minimum atomic E-state index is -4.38. The first-order valence-electron chi connectivity index (χ1n) is 5.99. The lowest BCUT2D eigenvalue weighted by Crippen LogP contribution is -2.05. The molecular formula is C13H9ClF3N3S. The van der Waals surface area contributed by atoms with Gasteiger partial charge in [0.25, 0.3) is 0 Å². The zero-order valence-electron chi connectivity index (χ0n) is 10.6. The molecule has 0 radical (unpaired) electrons. The maximum atomic E-state index is 12.7. The van der Waals surface area contributed by atoms with E-state index in [9.17, 15) is 13.2 Å². The van der Waals surface area contributed by atoms with Gasteiger partial charge in [-0.25, -0.2) is 9.97 Å². The van der Waals surface area contributed by atoms with Crippen LogP contribution < -0.4 is 0 Å². The van der Waals surface area contributed by atoms with E-state index in [1.165, 1.54) is 17.4 Å². The largest absolute Gasteiger partial charge is 0.416 e. The van der Waals surface area contributed by atoms with Gasteiger partial charge in [-0.2, -0.15) is 13.2 Å². The highest BCUT2D eigenvalue weighted by atomic mass is 35.5. The summed E-state index contributed by atoms with van der Waals surface area (Å²) in [5.74, 6) is 0.655. The number of halogens is 4. The Labute approximate surface area is 127 Å². The highest BCUT2D eigenvalue weighted by Gasteiger charge is 2.31. The number of nitrogens with zero attached hydrogens (tertiary/aromatic N) is 3. The Balaban J connectivity index is 2.10. The molecule has 0 saturated carbocycles. The molecule has 0 aliphatic rings. The Morgan fingerprint density at radius 1 is 1.29 bits per heavy atom. The van der Waals surface area contributed by atoms with E-state index >= 15 is 0 Å². The zero-order chi connectivity index (χ0) is 15.0. The number of hydrogen-bond donors (Lipinski definition) is 0. The van der Waals surface area contributed by atoms with E-state index in [0.29, 0.717) is 17.9 Å². The maximum Gasteiger partial charge on any atom is 0.416 e. The summed E-state index contributed by atoms with van der Waals surface area (Å²) in [6.45, 7) is 0.446. The van der Waals surface area contributed by atoms with E-state index in [1.54, 1.807) is 10.8 Å². The quantitative estimate of drug-likeness (QED) is 0.670. The summed E-state index contributed by atoms with van der Waals surface area (Å²) in [4.78, 5) is 8.37. The summed E-state index contributed by atoms with van der Waals surface area (Å²) in [7, 11) is 0. The molecule has 0 aliphatic heterocycles. The molecule has 0 aliphatic carbocycles. The fourth-order valence-electron chi connectivity index (χ4n) is 2.10. The van der Waals surface area contributed by atoms with E-state index in [4.69, 9.17) is 11.6 Å². The van der Waals surface area contributed by atoms with Crippen molar-refractivity contribution in [3.05, 3.63) is 46.2 Å². The first kappa shape index (κ1) is 14.3. The molecule has 0 N–H and O–H groups in total. The van der Waals surface area contributed by atoms with Crippen molar-refractivity contribution in [2.24, 2.45) is 0 Å². The van der Waals surface area contributed by atoms with Gasteiger partial charge >= 0.3 is 6.18 Å². The van der Waals surface area contributed by atoms with E-state index in [2.05, 4.69) is 9.97 Å². The van der Waals surface area contributed by atoms with Gasteiger partial charge in [-0.15, -0.1) is 22.9 Å². The third kappa shape index (κ3) is 2.75. The number of benzene rings is 1. The summed E-state index contributed by atoms with van der Waals surface area (Å²) < 4.78 is 40.0. The second-order valence-electron chi connectivity index (χ2n) is 4.37. The molecule has 2 aromatic heterocycles. The lowest BCUT2D eigenvalue weighted by molar-refractivity contribution is -0.137. The molecule has 0 atom stereocenters. The molecule has 0 bridgehead atoms. The van der Waals surface area contributed by atoms with Crippen LogP contribution in [0.25, 0.3) is 11.0 Å². The number of imidazole rings is 1. The smallest absolute Gasteiger partial charge is 0.320 e. The second kappa shape index (κ2) is 5.31. The summed E-state index contributed by atoms with van der Waals surface area (Å²) in [6, 6.07) is 3.53. The molecule has 3 nitrogen and oxygen atoms in total. The standard InChI is InChI=1S/C13H9ClF3N3S/c14-6-11-19-9-5-8(13(15,16)17)1-2-10(9)20(11)7-12-18-3-4-21-12/h1-5H,6-7H2. The average molecular weight is 332 g/mol. The first-order chi connectivity index (χ1) is 9.99. The Hall–Kier alpha value is -1.60. The molecule has 0 fully saturated rings. The lowest BCUT2D eigenvalue weighted by Gasteiger charge is -2.07. The third-order valence-corrected chi connectivity index (χ3v) is 4.05. The number of thiazole rings is 1. The molecule has 21 heavy (non-hydrogen) atoms. The van der Waals surface area contributed by atoms with Crippen molar-refractivity contribution in [2.75, 3.05) is 0 Å². The van der Waals surface area contributed by atoms with E-state index in [1.807, 2.05) is 5.38 Å². The fraction of sp³-hybridized carbons (Fsp3) is 0.231. The summed E-state index contributed by atoms with van der Waals surface area (Å²) >= 11 is 7.32. The fourth-order valence-corrected chi connectivity index (χ4v) is 2.91. The summed E-state index contributed by atoms with van der Waals surface area (Å²) in [5, 5.41) is 2.69. The van der Waals surface area contributed by atoms with Crippen molar-refractivity contribution < 1.29 is 13.2 Å². The number of hydrogen-bond acceptors (Lipinski definition) is 3. The molecule has 2 heterocycles. The number of aromatic nitrogens is 3. The Bertz CT molecular complexity index is 765. The van der Waals surface area contributed by atoms with Crippen LogP contribution in [0.4, 0.5) is 13.2 Å². The topological polar surface area (TPSA) is 30.7 Å². The molecular weight excluding hydrogens is 323 g/mol.